The molecular formula is C83H107Cl2N11O7S3. The molecule has 6 aromatic heterocycles. The maximum Gasteiger partial charge on any atom is 0.176 e. The van der Waals surface area contributed by atoms with Crippen molar-refractivity contribution >= 4 is 91.7 Å². The summed E-state index contributed by atoms with van der Waals surface area (Å²) in [6.45, 7) is 26.3. The predicted molar refractivity (Wildman–Crippen MR) is 426 cm³/mol. The number of nitriles is 3. The molecule has 9 heterocycles. The van der Waals surface area contributed by atoms with Gasteiger partial charge in [-0.05, 0) is 289 Å². The lowest BCUT2D eigenvalue weighted by Crippen LogP contribution is -2.33. The van der Waals surface area contributed by atoms with Gasteiger partial charge in [0.05, 0.1) is 60.2 Å². The second kappa shape index (κ2) is 39.7. The largest absolute Gasteiger partial charge is 0.493 e. The molecule has 3 aliphatic heterocycles. The monoisotopic (exact) mass is 1540 g/mol. The van der Waals surface area contributed by atoms with E-state index in [2.05, 4.69) is 128 Å². The molecule has 6 fully saturated rings. The maximum absolute atomic E-state index is 9.90. The fraction of sp³-hybridized carbons (Fsp3) is 0.566. The molecule has 0 spiro atoms. The SMILES string of the molecule is CCN(CC)Cc1c(OCC2CC2)ccc2c(CCC3CCN(Cc4ccc(C#N)s4)CC3)noc12.CCN(CC)Cc1c(OCC2CC2)ccc2c(CCC3CCN(Cc4ccc(C#N)s4)CC3)noc12.Cl.Cl.N#Cc1ccc(CN2CCC(CCc3noc4c(CO)c(OCC5CC5)ccc34)CC2)s1. The number of hydrogen-bond acceptors (Lipinski definition) is 21. The highest BCUT2D eigenvalue weighted by Crippen LogP contribution is 2.40. The van der Waals surface area contributed by atoms with E-state index in [1.807, 2.05) is 30.3 Å². The number of benzene rings is 3. The number of aromatic nitrogens is 3. The van der Waals surface area contributed by atoms with Crippen molar-refractivity contribution in [1.29, 1.82) is 15.8 Å². The Hall–Kier alpha value is -6.62. The van der Waals surface area contributed by atoms with Gasteiger partial charge in [-0.25, -0.2) is 0 Å². The number of likely N-dealkylation sites (tertiary alicyclic amines) is 3. The third-order valence-corrected chi connectivity index (χ3v) is 25.4. The van der Waals surface area contributed by atoms with Crippen LogP contribution < -0.4 is 14.2 Å². The van der Waals surface area contributed by atoms with Crippen LogP contribution in [0, 0.1) is 69.5 Å². The molecule has 0 bridgehead atoms. The minimum atomic E-state index is -0.107. The van der Waals surface area contributed by atoms with Gasteiger partial charge < -0.3 is 32.9 Å². The van der Waals surface area contributed by atoms with Crippen molar-refractivity contribution in [3.05, 3.63) is 136 Å². The van der Waals surface area contributed by atoms with E-state index < -0.39 is 0 Å². The first-order valence-electron chi connectivity index (χ1n) is 38.8. The smallest absolute Gasteiger partial charge is 0.176 e. The minimum absolute atomic E-state index is 0. The lowest BCUT2D eigenvalue weighted by atomic mass is 9.91. The first kappa shape index (κ1) is 80.4. The topological polar surface area (TPSA) is 214 Å². The normalized spacial score (nSPS) is 17.0. The first-order valence-corrected chi connectivity index (χ1v) is 41.3. The van der Waals surface area contributed by atoms with E-state index in [9.17, 15) is 5.11 Å². The number of ether oxygens (including phenoxy) is 3. The van der Waals surface area contributed by atoms with Crippen LogP contribution in [0.1, 0.15) is 187 Å². The van der Waals surface area contributed by atoms with Crippen molar-refractivity contribution in [1.82, 2.24) is 40.0 Å². The molecule has 3 aliphatic carbocycles. The van der Waals surface area contributed by atoms with Crippen LogP contribution in [0.5, 0.6) is 17.2 Å². The van der Waals surface area contributed by atoms with Gasteiger partial charge in [-0.1, -0.05) is 43.2 Å². The van der Waals surface area contributed by atoms with Gasteiger partial charge in [0.25, 0.3) is 0 Å². The van der Waals surface area contributed by atoms with E-state index in [1.54, 1.807) is 34.0 Å². The number of fused-ring (bicyclic) bond motifs is 3. The maximum atomic E-state index is 9.90. The molecule has 0 amide bonds. The Morgan fingerprint density at radius 1 is 0.415 bits per heavy atom. The summed E-state index contributed by atoms with van der Waals surface area (Å²) in [6, 6.07) is 31.4. The third-order valence-electron chi connectivity index (χ3n) is 22.5. The molecule has 568 valence electrons. The molecule has 0 radical (unpaired) electrons. The molecule has 3 saturated heterocycles. The Labute approximate surface area is 650 Å². The number of hydrogen-bond donors (Lipinski definition) is 1. The molecule has 0 unspecified atom stereocenters. The molecule has 3 aromatic carbocycles. The standard InChI is InChI=1S/2C29H38N4O2S.C25H29N3O3S.2ClH/c2*1-3-32(4-2)19-26-28(34-20-22-5-6-22)12-10-25-27(31-35-29(25)26)11-7-21-13-15-33(16-14-21)18-24-9-8-23(17-30)36-24;26-13-19-4-5-20(32-19)14-28-11-9-17(10-12-28)3-7-23-21-6-8-24(30-16-18-1-2-18)22(15-29)25(21)31-27-23;;/h2*8-10,12,21-22H,3-7,11,13-16,18-20H2,1-2H3;4-6,8,17-18,29H,1-3,7,9-12,14-16H2;2*1H. The number of halogens is 2. The van der Waals surface area contributed by atoms with Crippen LogP contribution in [0.25, 0.3) is 32.9 Å². The van der Waals surface area contributed by atoms with Gasteiger partial charge in [-0.15, -0.1) is 58.8 Å². The first-order chi connectivity index (χ1) is 51.1. The number of aryl methyl sites for hydroxylation is 3. The number of aliphatic hydroxyl groups is 1. The Bertz CT molecular complexity index is 4160. The Morgan fingerprint density at radius 2 is 0.708 bits per heavy atom. The van der Waals surface area contributed by atoms with Crippen LogP contribution >= 0.6 is 58.8 Å². The van der Waals surface area contributed by atoms with E-state index in [0.717, 1.165) is 261 Å². The second-order valence-corrected chi connectivity index (χ2v) is 33.4. The fourth-order valence-corrected chi connectivity index (χ4v) is 17.6. The number of thiophene rings is 3. The fourth-order valence-electron chi connectivity index (χ4n) is 15.0. The molecule has 18 nitrogen and oxygen atoms in total. The van der Waals surface area contributed by atoms with Crippen LogP contribution in [-0.2, 0) is 58.6 Å². The summed E-state index contributed by atoms with van der Waals surface area (Å²) < 4.78 is 36.0. The van der Waals surface area contributed by atoms with Gasteiger partial charge in [-0.3, -0.25) is 24.5 Å². The zero-order valence-corrected chi connectivity index (χ0v) is 66.5. The number of nitrogens with zero attached hydrogens (tertiary/aromatic N) is 11. The van der Waals surface area contributed by atoms with Crippen molar-refractivity contribution in [2.45, 2.75) is 183 Å². The van der Waals surface area contributed by atoms with Crippen LogP contribution in [0.2, 0.25) is 0 Å². The van der Waals surface area contributed by atoms with E-state index in [0.29, 0.717) is 29.6 Å². The van der Waals surface area contributed by atoms with Crippen molar-refractivity contribution in [2.24, 2.45) is 35.5 Å². The number of piperidine rings is 3. The molecule has 9 aromatic rings. The highest BCUT2D eigenvalue weighted by molar-refractivity contribution is 7.13. The quantitative estimate of drug-likeness (QED) is 0.0405. The van der Waals surface area contributed by atoms with Crippen molar-refractivity contribution < 1.29 is 32.9 Å². The molecule has 106 heavy (non-hydrogen) atoms. The summed E-state index contributed by atoms with van der Waals surface area (Å²) in [6.07, 6.45) is 21.1. The highest BCUT2D eigenvalue weighted by atomic mass is 35.5. The summed E-state index contributed by atoms with van der Waals surface area (Å²) >= 11 is 4.84. The van der Waals surface area contributed by atoms with E-state index >= 15 is 0 Å². The van der Waals surface area contributed by atoms with Crippen LogP contribution in [-0.4, -0.2) is 130 Å². The summed E-state index contributed by atoms with van der Waals surface area (Å²) in [5.41, 5.74) is 8.65. The molecule has 3 saturated carbocycles. The average molecular weight is 1540 g/mol. The predicted octanol–water partition coefficient (Wildman–Crippen LogP) is 18.2. The summed E-state index contributed by atoms with van der Waals surface area (Å²) in [7, 11) is 0. The molecule has 23 heteroatoms. The Balaban J connectivity index is 0.000000158. The van der Waals surface area contributed by atoms with Crippen LogP contribution in [0.3, 0.4) is 0 Å². The van der Waals surface area contributed by atoms with E-state index in [-0.39, 0.29) is 31.4 Å². The van der Waals surface area contributed by atoms with Crippen molar-refractivity contribution in [3.63, 3.8) is 0 Å². The Morgan fingerprint density at radius 3 is 0.972 bits per heavy atom. The van der Waals surface area contributed by atoms with Gasteiger partial charge >= 0.3 is 0 Å². The van der Waals surface area contributed by atoms with Crippen LogP contribution in [0.15, 0.2) is 86.4 Å². The lowest BCUT2D eigenvalue weighted by molar-refractivity contribution is 0.173. The van der Waals surface area contributed by atoms with Crippen molar-refractivity contribution in [2.75, 3.05) is 85.3 Å². The van der Waals surface area contributed by atoms with Gasteiger partial charge in [0.15, 0.2) is 16.7 Å². The minimum Gasteiger partial charge on any atom is -0.493 e. The summed E-state index contributed by atoms with van der Waals surface area (Å²) in [5, 5.41) is 53.7. The molecule has 0 atom stereocenters. The summed E-state index contributed by atoms with van der Waals surface area (Å²) in [4.78, 5) is 18.6. The number of aliphatic hydroxyl groups excluding tert-OH is 1. The van der Waals surface area contributed by atoms with Gasteiger partial charge in [0.2, 0.25) is 0 Å². The molecular weight excluding hydrogens is 1430 g/mol. The van der Waals surface area contributed by atoms with Gasteiger partial charge in [0.1, 0.15) is 50.1 Å². The average Bonchev–Trinajstić information content (AvgIpc) is 1.43. The zero-order chi connectivity index (χ0) is 71.7. The molecule has 6 aliphatic rings. The van der Waals surface area contributed by atoms with Gasteiger partial charge in [0, 0.05) is 63.5 Å². The van der Waals surface area contributed by atoms with E-state index in [1.165, 1.54) is 91.7 Å². The molecule has 15 rings (SSSR count). The Kier molecular flexibility index (Phi) is 30.1. The lowest BCUT2D eigenvalue weighted by Gasteiger charge is -2.31. The van der Waals surface area contributed by atoms with Gasteiger partial charge in [-0.2, -0.15) is 15.8 Å². The molecule has 1 N–H and O–H groups in total. The second-order valence-electron chi connectivity index (χ2n) is 29.9. The summed E-state index contributed by atoms with van der Waals surface area (Å²) in [5.74, 6) is 6.88. The van der Waals surface area contributed by atoms with Crippen LogP contribution in [0.4, 0.5) is 0 Å². The number of rotatable bonds is 33. The third kappa shape index (κ3) is 21.9. The highest BCUT2D eigenvalue weighted by Gasteiger charge is 2.30. The van der Waals surface area contributed by atoms with E-state index in [4.69, 9.17) is 43.6 Å². The zero-order valence-electron chi connectivity index (χ0n) is 62.4. The van der Waals surface area contributed by atoms with Crippen molar-refractivity contribution in [3.8, 4) is 35.5 Å².